The topological polar surface area (TPSA) is 68.0 Å². The van der Waals surface area contributed by atoms with Gasteiger partial charge in [0.1, 0.15) is 10.6 Å². The number of hydrogen-bond donors (Lipinski definition) is 1. The molecule has 2 heterocycles. The number of carbonyl (C=O) groups excluding carboxylic acids is 1. The van der Waals surface area contributed by atoms with Crippen LogP contribution in [0.15, 0.2) is 22.8 Å². The van der Waals surface area contributed by atoms with Crippen LogP contribution in [0.2, 0.25) is 0 Å². The molecular weight excluding hydrogens is 298 g/mol. The van der Waals surface area contributed by atoms with Gasteiger partial charge < -0.3 is 9.73 Å². The standard InChI is InChI=1S/C16H17N3O2S/c1-4-14-18-19-16(22-14)17-13(20)7-11-8-21-12-6-9(2)5-10(3)15(11)12/h5-6,8H,4,7H2,1-3H3,(H,17,19,20). The van der Waals surface area contributed by atoms with Crippen molar-refractivity contribution < 1.29 is 9.21 Å². The molecule has 5 nitrogen and oxygen atoms in total. The highest BCUT2D eigenvalue weighted by Crippen LogP contribution is 2.27. The minimum Gasteiger partial charge on any atom is -0.464 e. The van der Waals surface area contributed by atoms with E-state index in [0.29, 0.717) is 5.13 Å². The van der Waals surface area contributed by atoms with Crippen LogP contribution >= 0.6 is 11.3 Å². The quantitative estimate of drug-likeness (QED) is 0.798. The van der Waals surface area contributed by atoms with Crippen molar-refractivity contribution in [1.82, 2.24) is 10.2 Å². The van der Waals surface area contributed by atoms with Crippen molar-refractivity contribution in [1.29, 1.82) is 0 Å². The summed E-state index contributed by atoms with van der Waals surface area (Å²) in [5, 5.41) is 13.2. The Morgan fingerprint density at radius 3 is 2.86 bits per heavy atom. The zero-order chi connectivity index (χ0) is 15.7. The van der Waals surface area contributed by atoms with E-state index >= 15 is 0 Å². The molecular formula is C16H17N3O2S. The van der Waals surface area contributed by atoms with Crippen molar-refractivity contribution >= 4 is 33.3 Å². The molecule has 3 aromatic rings. The second kappa shape index (κ2) is 5.88. The lowest BCUT2D eigenvalue weighted by atomic mass is 10.0. The summed E-state index contributed by atoms with van der Waals surface area (Å²) in [6.45, 7) is 6.07. The first-order chi connectivity index (χ1) is 10.6. The summed E-state index contributed by atoms with van der Waals surface area (Å²) >= 11 is 1.40. The molecule has 0 unspecified atom stereocenters. The number of anilines is 1. The summed E-state index contributed by atoms with van der Waals surface area (Å²) in [7, 11) is 0. The first-order valence-corrected chi connectivity index (χ1v) is 7.98. The number of carbonyl (C=O) groups is 1. The lowest BCUT2D eigenvalue weighted by molar-refractivity contribution is -0.115. The van der Waals surface area contributed by atoms with Gasteiger partial charge in [-0.3, -0.25) is 4.79 Å². The molecule has 1 amide bonds. The van der Waals surface area contributed by atoms with Crippen molar-refractivity contribution in [3.63, 3.8) is 0 Å². The van der Waals surface area contributed by atoms with E-state index in [2.05, 4.69) is 21.6 Å². The molecule has 0 aliphatic rings. The van der Waals surface area contributed by atoms with Gasteiger partial charge in [0, 0.05) is 10.9 Å². The minimum absolute atomic E-state index is 0.110. The third-order valence-corrected chi connectivity index (χ3v) is 4.44. The number of rotatable bonds is 4. The Labute approximate surface area is 132 Å². The molecule has 0 atom stereocenters. The molecule has 0 fully saturated rings. The SMILES string of the molecule is CCc1nnc(NC(=O)Cc2coc3cc(C)cc(C)c23)s1. The summed E-state index contributed by atoms with van der Waals surface area (Å²) in [5.41, 5.74) is 3.99. The van der Waals surface area contributed by atoms with Crippen LogP contribution < -0.4 is 5.32 Å². The first kappa shape index (κ1) is 14.7. The normalized spacial score (nSPS) is 11.0. The van der Waals surface area contributed by atoms with Crippen LogP contribution in [0.3, 0.4) is 0 Å². The lowest BCUT2D eigenvalue weighted by Gasteiger charge is -2.02. The smallest absolute Gasteiger partial charge is 0.230 e. The van der Waals surface area contributed by atoms with Crippen molar-refractivity contribution in [3.8, 4) is 0 Å². The first-order valence-electron chi connectivity index (χ1n) is 7.16. The lowest BCUT2D eigenvalue weighted by Crippen LogP contribution is -2.14. The van der Waals surface area contributed by atoms with Crippen LogP contribution in [0.4, 0.5) is 5.13 Å². The van der Waals surface area contributed by atoms with Gasteiger partial charge in [-0.1, -0.05) is 24.3 Å². The van der Waals surface area contributed by atoms with Crippen LogP contribution in [0.25, 0.3) is 11.0 Å². The second-order valence-corrected chi connectivity index (χ2v) is 6.36. The fourth-order valence-electron chi connectivity index (χ4n) is 2.54. The van der Waals surface area contributed by atoms with Gasteiger partial charge in [-0.2, -0.15) is 0 Å². The Hall–Kier alpha value is -2.21. The Bertz CT molecular complexity index is 835. The van der Waals surface area contributed by atoms with Crippen LogP contribution in [0.5, 0.6) is 0 Å². The van der Waals surface area contributed by atoms with E-state index in [1.807, 2.05) is 26.8 Å². The summed E-state index contributed by atoms with van der Waals surface area (Å²) in [6, 6.07) is 4.08. The molecule has 22 heavy (non-hydrogen) atoms. The number of nitrogens with zero attached hydrogens (tertiary/aromatic N) is 2. The van der Waals surface area contributed by atoms with E-state index in [9.17, 15) is 4.79 Å². The number of benzene rings is 1. The second-order valence-electron chi connectivity index (χ2n) is 5.30. The van der Waals surface area contributed by atoms with Gasteiger partial charge in [0.15, 0.2) is 0 Å². The molecule has 0 aliphatic heterocycles. The van der Waals surface area contributed by atoms with Crippen molar-refractivity contribution in [2.75, 3.05) is 5.32 Å². The van der Waals surface area contributed by atoms with Gasteiger partial charge >= 0.3 is 0 Å². The predicted octanol–water partition coefficient (Wildman–Crippen LogP) is 3.64. The summed E-state index contributed by atoms with van der Waals surface area (Å²) in [4.78, 5) is 12.2. The third-order valence-electron chi connectivity index (χ3n) is 3.46. The monoisotopic (exact) mass is 315 g/mol. The number of nitrogens with one attached hydrogen (secondary N) is 1. The molecule has 1 N–H and O–H groups in total. The molecule has 0 bridgehead atoms. The van der Waals surface area contributed by atoms with Gasteiger partial charge in [0.05, 0.1) is 12.7 Å². The molecule has 1 aromatic carbocycles. The van der Waals surface area contributed by atoms with Gasteiger partial charge in [0.25, 0.3) is 0 Å². The van der Waals surface area contributed by atoms with Crippen molar-refractivity contribution in [2.24, 2.45) is 0 Å². The summed E-state index contributed by atoms with van der Waals surface area (Å²) < 4.78 is 5.58. The fraction of sp³-hybridized carbons (Fsp3) is 0.312. The number of furan rings is 1. The highest BCUT2D eigenvalue weighted by atomic mass is 32.1. The van der Waals surface area contributed by atoms with E-state index in [1.165, 1.54) is 11.3 Å². The van der Waals surface area contributed by atoms with Gasteiger partial charge in [0.2, 0.25) is 11.0 Å². The average Bonchev–Trinajstić information content (AvgIpc) is 3.06. The van der Waals surface area contributed by atoms with E-state index in [4.69, 9.17) is 4.42 Å². The largest absolute Gasteiger partial charge is 0.464 e. The fourth-order valence-corrected chi connectivity index (χ4v) is 3.24. The Morgan fingerprint density at radius 2 is 2.14 bits per heavy atom. The number of aryl methyl sites for hydroxylation is 3. The van der Waals surface area contributed by atoms with E-state index in [0.717, 1.165) is 39.1 Å². The molecule has 3 rings (SSSR count). The molecule has 6 heteroatoms. The van der Waals surface area contributed by atoms with Gasteiger partial charge in [-0.25, -0.2) is 0 Å². The zero-order valence-electron chi connectivity index (χ0n) is 12.8. The minimum atomic E-state index is -0.110. The molecule has 0 saturated heterocycles. The maximum Gasteiger partial charge on any atom is 0.230 e. The Morgan fingerprint density at radius 1 is 1.32 bits per heavy atom. The van der Waals surface area contributed by atoms with Gasteiger partial charge in [-0.05, 0) is 37.5 Å². The van der Waals surface area contributed by atoms with E-state index in [1.54, 1.807) is 6.26 Å². The summed E-state index contributed by atoms with van der Waals surface area (Å²) in [5.74, 6) is -0.110. The number of amides is 1. The molecule has 114 valence electrons. The molecule has 2 aromatic heterocycles. The third kappa shape index (κ3) is 2.87. The summed E-state index contributed by atoms with van der Waals surface area (Å²) in [6.07, 6.45) is 2.74. The van der Waals surface area contributed by atoms with E-state index in [-0.39, 0.29) is 12.3 Å². The van der Waals surface area contributed by atoms with Crippen LogP contribution in [-0.2, 0) is 17.6 Å². The highest BCUT2D eigenvalue weighted by Gasteiger charge is 2.14. The van der Waals surface area contributed by atoms with Crippen molar-refractivity contribution in [2.45, 2.75) is 33.6 Å². The van der Waals surface area contributed by atoms with E-state index < -0.39 is 0 Å². The highest BCUT2D eigenvalue weighted by molar-refractivity contribution is 7.15. The molecule has 0 spiro atoms. The van der Waals surface area contributed by atoms with Crippen molar-refractivity contribution in [3.05, 3.63) is 40.1 Å². The maximum absolute atomic E-state index is 12.2. The maximum atomic E-state index is 12.2. The van der Waals surface area contributed by atoms with Crippen LogP contribution in [0.1, 0.15) is 28.6 Å². The Kier molecular flexibility index (Phi) is 3.94. The molecule has 0 aliphatic carbocycles. The zero-order valence-corrected chi connectivity index (χ0v) is 13.6. The number of fused-ring (bicyclic) bond motifs is 1. The Balaban J connectivity index is 1.79. The molecule has 0 radical (unpaired) electrons. The van der Waals surface area contributed by atoms with Crippen LogP contribution in [0, 0.1) is 13.8 Å². The van der Waals surface area contributed by atoms with Gasteiger partial charge in [-0.15, -0.1) is 10.2 Å². The predicted molar refractivity (Wildman–Crippen MR) is 87.3 cm³/mol. The number of hydrogen-bond acceptors (Lipinski definition) is 5. The number of aromatic nitrogens is 2. The average molecular weight is 315 g/mol. The molecule has 0 saturated carbocycles. The van der Waals surface area contributed by atoms with Crippen LogP contribution in [-0.4, -0.2) is 16.1 Å².